The number of esters is 1. The summed E-state index contributed by atoms with van der Waals surface area (Å²) in [5.41, 5.74) is 0. The molecule has 6 heteroatoms. The Labute approximate surface area is 413 Å². The summed E-state index contributed by atoms with van der Waals surface area (Å²) in [6.45, 7) is 6.54. The number of nitrogens with one attached hydrogen (secondary N) is 1. The van der Waals surface area contributed by atoms with Gasteiger partial charge in [0.1, 0.15) is 6.10 Å². The van der Waals surface area contributed by atoms with Crippen LogP contribution >= 0.6 is 0 Å². The predicted molar refractivity (Wildman–Crippen MR) is 287 cm³/mol. The van der Waals surface area contributed by atoms with E-state index in [9.17, 15) is 19.8 Å². The van der Waals surface area contributed by atoms with Crippen molar-refractivity contribution >= 4 is 11.9 Å². The molecule has 0 aromatic carbocycles. The number of aliphatic hydroxyl groups excluding tert-OH is 2. The van der Waals surface area contributed by atoms with Gasteiger partial charge in [-0.15, -0.1) is 0 Å². The SMILES string of the molecule is CCCCCCCCCCCCCCCCCCCCCC(=O)OC(CCCCCCCCCCCCCCC)CC(=O)NC(CO)C(O)CCCCCCCCCCCCCCCCC. The molecule has 3 N–H and O–H groups in total. The first kappa shape index (κ1) is 64.9. The highest BCUT2D eigenvalue weighted by Crippen LogP contribution is 2.20. The summed E-state index contributed by atoms with van der Waals surface area (Å²) in [7, 11) is 0. The number of rotatable bonds is 56. The van der Waals surface area contributed by atoms with Crippen molar-refractivity contribution in [3.63, 3.8) is 0 Å². The van der Waals surface area contributed by atoms with Crippen LogP contribution in [0.5, 0.6) is 0 Å². The quantitative estimate of drug-likeness (QED) is 0.0417. The molecule has 0 bridgehead atoms. The van der Waals surface area contributed by atoms with E-state index in [1.807, 2.05) is 0 Å². The second kappa shape index (κ2) is 54.8. The van der Waals surface area contributed by atoms with E-state index in [0.717, 1.165) is 38.5 Å². The summed E-state index contributed by atoms with van der Waals surface area (Å²) in [5, 5.41) is 23.9. The number of hydrogen-bond donors (Lipinski definition) is 3. The molecule has 0 saturated heterocycles. The Morgan fingerprint density at radius 1 is 0.379 bits per heavy atom. The Balaban J connectivity index is 4.42. The fourth-order valence-corrected chi connectivity index (χ4v) is 9.85. The molecule has 0 rings (SSSR count). The smallest absolute Gasteiger partial charge is 0.306 e. The summed E-state index contributed by atoms with van der Waals surface area (Å²) in [6, 6.07) is -0.693. The fraction of sp³-hybridized carbons (Fsp3) is 0.967. The third kappa shape index (κ3) is 49.3. The second-order valence-corrected chi connectivity index (χ2v) is 21.1. The number of unbranched alkanes of at least 4 members (excludes halogenated alkanes) is 44. The molecule has 0 fully saturated rings. The van der Waals surface area contributed by atoms with Crippen molar-refractivity contribution < 1.29 is 24.5 Å². The number of ether oxygens (including phenoxy) is 1. The summed E-state index contributed by atoms with van der Waals surface area (Å²) >= 11 is 0. The summed E-state index contributed by atoms with van der Waals surface area (Å²) < 4.78 is 5.98. The predicted octanol–water partition coefficient (Wildman–Crippen LogP) is 18.7. The van der Waals surface area contributed by atoms with Crippen molar-refractivity contribution in [1.82, 2.24) is 5.32 Å². The Hall–Kier alpha value is -1.14. The van der Waals surface area contributed by atoms with Gasteiger partial charge in [0.25, 0.3) is 0 Å². The average Bonchev–Trinajstić information content (AvgIpc) is 3.31. The zero-order valence-corrected chi connectivity index (χ0v) is 45.1. The second-order valence-electron chi connectivity index (χ2n) is 21.1. The highest BCUT2D eigenvalue weighted by molar-refractivity contribution is 5.77. The molecule has 3 unspecified atom stereocenters. The highest BCUT2D eigenvalue weighted by atomic mass is 16.5. The summed E-state index contributed by atoms with van der Waals surface area (Å²) in [6.07, 6.45) is 61.7. The first-order valence-electron chi connectivity index (χ1n) is 30.3. The third-order valence-corrected chi connectivity index (χ3v) is 14.4. The van der Waals surface area contributed by atoms with E-state index >= 15 is 0 Å². The van der Waals surface area contributed by atoms with Gasteiger partial charge in [0, 0.05) is 6.42 Å². The van der Waals surface area contributed by atoms with E-state index in [0.29, 0.717) is 19.3 Å². The molecule has 6 nitrogen and oxygen atoms in total. The van der Waals surface area contributed by atoms with Crippen LogP contribution in [0.2, 0.25) is 0 Å². The Morgan fingerprint density at radius 3 is 0.924 bits per heavy atom. The van der Waals surface area contributed by atoms with Crippen molar-refractivity contribution in [2.24, 2.45) is 0 Å². The number of amides is 1. The molecular weight excluding hydrogens is 815 g/mol. The van der Waals surface area contributed by atoms with Gasteiger partial charge >= 0.3 is 5.97 Å². The first-order chi connectivity index (χ1) is 32.5. The molecule has 0 radical (unpaired) electrons. The van der Waals surface area contributed by atoms with E-state index in [-0.39, 0.29) is 24.9 Å². The topological polar surface area (TPSA) is 95.9 Å². The Kier molecular flexibility index (Phi) is 53.8. The number of hydrogen-bond acceptors (Lipinski definition) is 5. The molecule has 394 valence electrons. The van der Waals surface area contributed by atoms with Gasteiger partial charge in [0.05, 0.1) is 25.2 Å². The summed E-state index contributed by atoms with van der Waals surface area (Å²) in [4.78, 5) is 26.3. The maximum Gasteiger partial charge on any atom is 0.306 e. The first-order valence-corrected chi connectivity index (χ1v) is 30.3. The van der Waals surface area contributed by atoms with Crippen LogP contribution in [-0.4, -0.2) is 46.9 Å². The van der Waals surface area contributed by atoms with Crippen molar-refractivity contribution in [2.45, 2.75) is 366 Å². The van der Waals surface area contributed by atoms with E-state index in [1.165, 1.54) is 263 Å². The molecule has 0 aliphatic carbocycles. The van der Waals surface area contributed by atoms with E-state index < -0.39 is 18.2 Å². The van der Waals surface area contributed by atoms with Crippen LogP contribution in [0.25, 0.3) is 0 Å². The minimum Gasteiger partial charge on any atom is -0.462 e. The van der Waals surface area contributed by atoms with Crippen LogP contribution in [0.15, 0.2) is 0 Å². The van der Waals surface area contributed by atoms with Crippen LogP contribution in [0, 0.1) is 0 Å². The van der Waals surface area contributed by atoms with Crippen molar-refractivity contribution in [1.29, 1.82) is 0 Å². The van der Waals surface area contributed by atoms with Crippen LogP contribution < -0.4 is 5.32 Å². The largest absolute Gasteiger partial charge is 0.462 e. The van der Waals surface area contributed by atoms with Gasteiger partial charge in [-0.2, -0.15) is 0 Å². The average molecular weight is 935 g/mol. The van der Waals surface area contributed by atoms with Gasteiger partial charge in [0.2, 0.25) is 5.91 Å². The lowest BCUT2D eigenvalue weighted by Crippen LogP contribution is -2.46. The minimum atomic E-state index is -0.780. The molecule has 0 aliphatic heterocycles. The van der Waals surface area contributed by atoms with E-state index in [2.05, 4.69) is 26.1 Å². The molecule has 0 aromatic rings. The lowest BCUT2D eigenvalue weighted by atomic mass is 10.0. The Morgan fingerprint density at radius 2 is 0.636 bits per heavy atom. The maximum absolute atomic E-state index is 13.3. The van der Waals surface area contributed by atoms with Crippen LogP contribution in [0.3, 0.4) is 0 Å². The minimum absolute atomic E-state index is 0.0887. The van der Waals surface area contributed by atoms with Gasteiger partial charge in [-0.05, 0) is 25.7 Å². The zero-order chi connectivity index (χ0) is 48.1. The van der Waals surface area contributed by atoms with Crippen LogP contribution in [0.1, 0.15) is 348 Å². The lowest BCUT2D eigenvalue weighted by molar-refractivity contribution is -0.151. The number of carbonyl (C=O) groups excluding carboxylic acids is 2. The molecule has 66 heavy (non-hydrogen) atoms. The van der Waals surface area contributed by atoms with Crippen molar-refractivity contribution in [2.75, 3.05) is 6.61 Å². The Bertz CT molecular complexity index is 959. The standard InChI is InChI=1S/C60H119NO5/c1-4-7-10-13-16-19-22-25-27-28-29-30-32-35-38-41-44-47-50-53-60(65)66-56(51-48-45-42-39-36-33-24-21-18-15-12-9-6-3)54-59(64)61-57(55-62)58(63)52-49-46-43-40-37-34-31-26-23-20-17-14-11-8-5-2/h56-58,62-63H,4-55H2,1-3H3,(H,61,64). The normalized spacial score (nSPS) is 13.0. The molecule has 0 saturated carbocycles. The van der Waals surface area contributed by atoms with E-state index in [4.69, 9.17) is 4.74 Å². The van der Waals surface area contributed by atoms with Crippen LogP contribution in [0.4, 0.5) is 0 Å². The number of carbonyl (C=O) groups is 2. The molecular formula is C60H119NO5. The summed E-state index contributed by atoms with van der Waals surface area (Å²) in [5.74, 6) is -0.443. The van der Waals surface area contributed by atoms with Gasteiger partial charge in [-0.3, -0.25) is 9.59 Å². The zero-order valence-electron chi connectivity index (χ0n) is 45.1. The van der Waals surface area contributed by atoms with Gasteiger partial charge < -0.3 is 20.3 Å². The molecule has 0 aliphatic rings. The molecule has 0 aromatic heterocycles. The molecule has 3 atom stereocenters. The fourth-order valence-electron chi connectivity index (χ4n) is 9.85. The maximum atomic E-state index is 13.3. The van der Waals surface area contributed by atoms with Gasteiger partial charge in [-0.25, -0.2) is 0 Å². The van der Waals surface area contributed by atoms with Gasteiger partial charge in [-0.1, -0.05) is 310 Å². The van der Waals surface area contributed by atoms with Crippen molar-refractivity contribution in [3.05, 3.63) is 0 Å². The lowest BCUT2D eigenvalue weighted by Gasteiger charge is -2.24. The number of aliphatic hydroxyl groups is 2. The van der Waals surface area contributed by atoms with Crippen LogP contribution in [-0.2, 0) is 14.3 Å². The third-order valence-electron chi connectivity index (χ3n) is 14.4. The monoisotopic (exact) mass is 934 g/mol. The molecule has 0 heterocycles. The van der Waals surface area contributed by atoms with E-state index in [1.54, 1.807) is 0 Å². The molecule has 0 spiro atoms. The van der Waals surface area contributed by atoms with Crippen molar-refractivity contribution in [3.8, 4) is 0 Å². The van der Waals surface area contributed by atoms with Gasteiger partial charge in [0.15, 0.2) is 0 Å². The highest BCUT2D eigenvalue weighted by Gasteiger charge is 2.24. The molecule has 1 amide bonds.